The van der Waals surface area contributed by atoms with Crippen LogP contribution in [-0.4, -0.2) is 30.3 Å². The molecule has 0 aromatic heterocycles. The molecular formula is C20H23Cl2N3O2. The van der Waals surface area contributed by atoms with Crippen LogP contribution in [-0.2, 0) is 9.59 Å². The lowest BCUT2D eigenvalue weighted by molar-refractivity contribution is -0.128. The van der Waals surface area contributed by atoms with Gasteiger partial charge in [-0.3, -0.25) is 9.59 Å². The number of hydrogen-bond donors (Lipinski definition) is 2. The van der Waals surface area contributed by atoms with Crippen LogP contribution in [0.3, 0.4) is 0 Å². The highest BCUT2D eigenvalue weighted by Gasteiger charge is 2.42. The molecule has 5 nitrogen and oxygen atoms in total. The Morgan fingerprint density at radius 1 is 1.26 bits per heavy atom. The van der Waals surface area contributed by atoms with Gasteiger partial charge in [0.05, 0.1) is 12.0 Å². The fraction of sp³-hybridized carbons (Fsp3) is 0.300. The molecule has 2 aromatic carbocycles. The zero-order valence-corrected chi connectivity index (χ0v) is 16.5. The number of hydrogen-bond acceptors (Lipinski definition) is 3. The number of rotatable bonds is 5. The monoisotopic (exact) mass is 407 g/mol. The SMILES string of the molecule is CN1C(=O)CC(C(=O)NCC(N)c2ccccc2)C1c1cccc(Cl)c1.Cl. The molecule has 27 heavy (non-hydrogen) atoms. The largest absolute Gasteiger partial charge is 0.354 e. The first-order valence-electron chi connectivity index (χ1n) is 8.56. The molecule has 3 atom stereocenters. The second-order valence-electron chi connectivity index (χ2n) is 6.58. The Hall–Kier alpha value is -2.08. The minimum atomic E-state index is -0.464. The van der Waals surface area contributed by atoms with Crippen molar-refractivity contribution in [3.8, 4) is 0 Å². The number of halogens is 2. The third-order valence-electron chi connectivity index (χ3n) is 4.84. The molecule has 0 radical (unpaired) electrons. The van der Waals surface area contributed by atoms with E-state index in [4.69, 9.17) is 17.3 Å². The van der Waals surface area contributed by atoms with Crippen LogP contribution >= 0.6 is 24.0 Å². The smallest absolute Gasteiger partial charge is 0.226 e. The van der Waals surface area contributed by atoms with E-state index in [-0.39, 0.29) is 42.7 Å². The Balaban J connectivity index is 0.00000261. The average molecular weight is 408 g/mol. The summed E-state index contributed by atoms with van der Waals surface area (Å²) in [4.78, 5) is 26.6. The van der Waals surface area contributed by atoms with Crippen LogP contribution in [0.25, 0.3) is 0 Å². The van der Waals surface area contributed by atoms with E-state index in [0.29, 0.717) is 11.6 Å². The van der Waals surface area contributed by atoms with Crippen LogP contribution in [0.4, 0.5) is 0 Å². The zero-order valence-electron chi connectivity index (χ0n) is 15.0. The van der Waals surface area contributed by atoms with Gasteiger partial charge in [0.15, 0.2) is 0 Å². The van der Waals surface area contributed by atoms with Gasteiger partial charge in [0.2, 0.25) is 11.8 Å². The second-order valence-corrected chi connectivity index (χ2v) is 7.01. The van der Waals surface area contributed by atoms with Crippen LogP contribution in [0.15, 0.2) is 54.6 Å². The Kier molecular flexibility index (Phi) is 7.25. The van der Waals surface area contributed by atoms with Crippen LogP contribution in [0.1, 0.15) is 29.6 Å². The molecule has 1 aliphatic heterocycles. The molecule has 1 fully saturated rings. The molecule has 7 heteroatoms. The normalized spacial score (nSPS) is 20.1. The van der Waals surface area contributed by atoms with Gasteiger partial charge in [-0.1, -0.05) is 54.1 Å². The standard InChI is InChI=1S/C20H22ClN3O2.ClH/c1-24-18(25)11-16(19(24)14-8-5-9-15(21)10-14)20(26)23-12-17(22)13-6-3-2-4-7-13;/h2-10,16-17,19H,11-12,22H2,1H3,(H,23,26);1H. The lowest BCUT2D eigenvalue weighted by Crippen LogP contribution is -2.38. The summed E-state index contributed by atoms with van der Waals surface area (Å²) in [5, 5.41) is 3.49. The topological polar surface area (TPSA) is 75.4 Å². The zero-order chi connectivity index (χ0) is 18.7. The van der Waals surface area contributed by atoms with Crippen molar-refractivity contribution in [3.63, 3.8) is 0 Å². The van der Waals surface area contributed by atoms with Crippen molar-refractivity contribution in [2.45, 2.75) is 18.5 Å². The van der Waals surface area contributed by atoms with Crippen molar-refractivity contribution in [1.29, 1.82) is 0 Å². The maximum atomic E-state index is 12.8. The third-order valence-corrected chi connectivity index (χ3v) is 5.07. The lowest BCUT2D eigenvalue weighted by atomic mass is 9.92. The summed E-state index contributed by atoms with van der Waals surface area (Å²) in [6.45, 7) is 0.319. The number of nitrogens with two attached hydrogens (primary N) is 1. The molecule has 3 N–H and O–H groups in total. The van der Waals surface area contributed by atoms with Crippen molar-refractivity contribution in [2.24, 2.45) is 11.7 Å². The summed E-state index contributed by atoms with van der Waals surface area (Å²) >= 11 is 6.08. The molecular weight excluding hydrogens is 385 g/mol. The van der Waals surface area contributed by atoms with Crippen molar-refractivity contribution in [1.82, 2.24) is 10.2 Å². The van der Waals surface area contributed by atoms with Gasteiger partial charge in [0, 0.05) is 31.1 Å². The van der Waals surface area contributed by atoms with Crippen LogP contribution in [0.5, 0.6) is 0 Å². The van der Waals surface area contributed by atoms with Gasteiger partial charge in [-0.15, -0.1) is 12.4 Å². The highest BCUT2D eigenvalue weighted by atomic mass is 35.5. The number of nitrogens with zero attached hydrogens (tertiary/aromatic N) is 1. The first-order valence-corrected chi connectivity index (χ1v) is 8.94. The molecule has 2 aromatic rings. The molecule has 1 heterocycles. The Labute approximate surface area is 170 Å². The Bertz CT molecular complexity index is 801. The number of amides is 2. The van der Waals surface area contributed by atoms with Gasteiger partial charge in [0.25, 0.3) is 0 Å². The molecule has 0 saturated carbocycles. The molecule has 0 bridgehead atoms. The predicted molar refractivity (Wildman–Crippen MR) is 109 cm³/mol. The fourth-order valence-electron chi connectivity index (χ4n) is 3.41. The van der Waals surface area contributed by atoms with E-state index in [1.807, 2.05) is 42.5 Å². The molecule has 0 aliphatic carbocycles. The minimum absolute atomic E-state index is 0. The van der Waals surface area contributed by atoms with Gasteiger partial charge in [0.1, 0.15) is 0 Å². The molecule has 3 rings (SSSR count). The van der Waals surface area contributed by atoms with Crippen molar-refractivity contribution >= 4 is 35.8 Å². The van der Waals surface area contributed by atoms with Crippen molar-refractivity contribution in [2.75, 3.05) is 13.6 Å². The summed E-state index contributed by atoms with van der Waals surface area (Å²) in [6, 6.07) is 16.3. The van der Waals surface area contributed by atoms with E-state index < -0.39 is 5.92 Å². The van der Waals surface area contributed by atoms with Crippen LogP contribution in [0.2, 0.25) is 5.02 Å². The van der Waals surface area contributed by atoms with Crippen molar-refractivity contribution in [3.05, 3.63) is 70.7 Å². The second kappa shape index (κ2) is 9.22. The average Bonchev–Trinajstić information content (AvgIpc) is 2.95. The van der Waals surface area contributed by atoms with Gasteiger partial charge < -0.3 is 16.0 Å². The summed E-state index contributed by atoms with van der Waals surface area (Å²) in [5.74, 6) is -0.685. The van der Waals surface area contributed by atoms with Gasteiger partial charge in [-0.2, -0.15) is 0 Å². The maximum Gasteiger partial charge on any atom is 0.226 e. The molecule has 3 unspecified atom stereocenters. The number of likely N-dealkylation sites (tertiary alicyclic amines) is 1. The summed E-state index contributed by atoms with van der Waals surface area (Å²) in [6.07, 6.45) is 0.181. The van der Waals surface area contributed by atoms with Crippen molar-refractivity contribution < 1.29 is 9.59 Å². The first kappa shape index (κ1) is 21.2. The van der Waals surface area contributed by atoms with Gasteiger partial charge in [-0.05, 0) is 23.3 Å². The fourth-order valence-corrected chi connectivity index (χ4v) is 3.61. The summed E-state index contributed by atoms with van der Waals surface area (Å²) in [5.41, 5.74) is 7.97. The Morgan fingerprint density at radius 2 is 1.96 bits per heavy atom. The highest BCUT2D eigenvalue weighted by Crippen LogP contribution is 2.37. The number of nitrogens with one attached hydrogen (secondary N) is 1. The van der Waals surface area contributed by atoms with E-state index in [0.717, 1.165) is 11.1 Å². The van der Waals surface area contributed by atoms with E-state index in [9.17, 15) is 9.59 Å². The van der Waals surface area contributed by atoms with E-state index in [1.165, 1.54) is 0 Å². The summed E-state index contributed by atoms with van der Waals surface area (Å²) in [7, 11) is 1.72. The van der Waals surface area contributed by atoms with Crippen LogP contribution < -0.4 is 11.1 Å². The molecule has 1 aliphatic rings. The molecule has 2 amide bonds. The van der Waals surface area contributed by atoms with Gasteiger partial charge >= 0.3 is 0 Å². The first-order chi connectivity index (χ1) is 12.5. The number of benzene rings is 2. The molecule has 1 saturated heterocycles. The quantitative estimate of drug-likeness (QED) is 0.799. The molecule has 0 spiro atoms. The van der Waals surface area contributed by atoms with Crippen LogP contribution in [0, 0.1) is 5.92 Å². The highest BCUT2D eigenvalue weighted by molar-refractivity contribution is 6.30. The maximum absolute atomic E-state index is 12.8. The summed E-state index contributed by atoms with van der Waals surface area (Å²) < 4.78 is 0. The minimum Gasteiger partial charge on any atom is -0.354 e. The Morgan fingerprint density at radius 3 is 2.63 bits per heavy atom. The molecule has 144 valence electrons. The number of carbonyl (C=O) groups is 2. The van der Waals surface area contributed by atoms with E-state index >= 15 is 0 Å². The predicted octanol–water partition coefficient (Wildman–Crippen LogP) is 3.10. The number of carbonyl (C=O) groups excluding carboxylic acids is 2. The van der Waals surface area contributed by atoms with E-state index in [2.05, 4.69) is 5.32 Å². The lowest BCUT2D eigenvalue weighted by Gasteiger charge is -2.25. The van der Waals surface area contributed by atoms with Gasteiger partial charge in [-0.25, -0.2) is 0 Å². The van der Waals surface area contributed by atoms with E-state index in [1.54, 1.807) is 24.1 Å². The third kappa shape index (κ3) is 4.80.